The van der Waals surface area contributed by atoms with E-state index < -0.39 is 12.5 Å². The van der Waals surface area contributed by atoms with Gasteiger partial charge in [-0.3, -0.25) is 0 Å². The van der Waals surface area contributed by atoms with Crippen LogP contribution in [0.1, 0.15) is 0 Å². The standard InChI is InChI=1S/C9H5F3N2O2/c10-9(11,12)16-8(15)14-5-13-6-3-1-2-4-7(6)14/h1-5H. The van der Waals surface area contributed by atoms with Crippen LogP contribution < -0.4 is 0 Å². The minimum Gasteiger partial charge on any atom is -0.355 e. The lowest BCUT2D eigenvalue weighted by Crippen LogP contribution is -2.23. The maximum Gasteiger partial charge on any atom is 0.576 e. The lowest BCUT2D eigenvalue weighted by atomic mass is 10.3. The van der Waals surface area contributed by atoms with Crippen molar-refractivity contribution in [2.75, 3.05) is 0 Å². The van der Waals surface area contributed by atoms with Crippen LogP contribution in [0.15, 0.2) is 30.6 Å². The summed E-state index contributed by atoms with van der Waals surface area (Å²) in [7, 11) is 0. The average Bonchev–Trinajstić information content (AvgIpc) is 2.58. The van der Waals surface area contributed by atoms with Crippen molar-refractivity contribution < 1.29 is 22.7 Å². The van der Waals surface area contributed by atoms with Crippen molar-refractivity contribution in [2.45, 2.75) is 6.36 Å². The highest BCUT2D eigenvalue weighted by Crippen LogP contribution is 2.19. The molecule has 0 bridgehead atoms. The Bertz CT molecular complexity index is 533. The Morgan fingerprint density at radius 2 is 2.00 bits per heavy atom. The fourth-order valence-electron chi connectivity index (χ4n) is 1.25. The molecule has 0 aliphatic rings. The van der Waals surface area contributed by atoms with Gasteiger partial charge in [0.25, 0.3) is 0 Å². The number of alkyl halides is 3. The van der Waals surface area contributed by atoms with Gasteiger partial charge in [-0.05, 0) is 12.1 Å². The smallest absolute Gasteiger partial charge is 0.355 e. The number of hydrogen-bond donors (Lipinski definition) is 0. The molecular formula is C9H5F3N2O2. The van der Waals surface area contributed by atoms with Crippen LogP contribution in [0.2, 0.25) is 0 Å². The van der Waals surface area contributed by atoms with Crippen LogP contribution in [0, 0.1) is 0 Å². The molecule has 16 heavy (non-hydrogen) atoms. The van der Waals surface area contributed by atoms with E-state index in [0.717, 1.165) is 6.33 Å². The summed E-state index contributed by atoms with van der Waals surface area (Å²) in [4.78, 5) is 14.9. The van der Waals surface area contributed by atoms with Gasteiger partial charge in [0.1, 0.15) is 6.33 Å². The second-order valence-electron chi connectivity index (χ2n) is 2.92. The first-order valence-corrected chi connectivity index (χ1v) is 4.19. The Labute approximate surface area is 87.3 Å². The maximum atomic E-state index is 11.8. The molecule has 2 aromatic rings. The fraction of sp³-hybridized carbons (Fsp3) is 0.111. The van der Waals surface area contributed by atoms with Crippen molar-refractivity contribution in [2.24, 2.45) is 0 Å². The third-order valence-electron chi connectivity index (χ3n) is 1.85. The zero-order valence-electron chi connectivity index (χ0n) is 7.73. The molecule has 0 fully saturated rings. The normalized spacial score (nSPS) is 11.7. The van der Waals surface area contributed by atoms with Crippen LogP contribution in [0.3, 0.4) is 0 Å². The molecule has 0 amide bonds. The molecule has 1 heterocycles. The lowest BCUT2D eigenvalue weighted by Gasteiger charge is -2.07. The first-order chi connectivity index (χ1) is 7.47. The molecule has 0 saturated heterocycles. The molecular weight excluding hydrogens is 225 g/mol. The van der Waals surface area contributed by atoms with Gasteiger partial charge in [0.2, 0.25) is 0 Å². The van der Waals surface area contributed by atoms with Crippen molar-refractivity contribution in [3.63, 3.8) is 0 Å². The molecule has 1 aromatic heterocycles. The van der Waals surface area contributed by atoms with Crippen LogP contribution >= 0.6 is 0 Å². The van der Waals surface area contributed by atoms with Crippen molar-refractivity contribution >= 4 is 17.1 Å². The predicted molar refractivity (Wildman–Crippen MR) is 47.7 cm³/mol. The minimum atomic E-state index is -5.00. The van der Waals surface area contributed by atoms with Crippen LogP contribution in [0.5, 0.6) is 0 Å². The van der Waals surface area contributed by atoms with Crippen LogP contribution in [0.25, 0.3) is 11.0 Å². The van der Waals surface area contributed by atoms with E-state index in [1.807, 2.05) is 0 Å². The Balaban J connectivity index is 2.37. The van der Waals surface area contributed by atoms with Crippen molar-refractivity contribution in [3.05, 3.63) is 30.6 Å². The Kier molecular flexibility index (Phi) is 2.30. The van der Waals surface area contributed by atoms with Crippen molar-refractivity contribution in [1.82, 2.24) is 9.55 Å². The molecule has 0 atom stereocenters. The molecule has 0 aliphatic carbocycles. The van der Waals surface area contributed by atoms with E-state index >= 15 is 0 Å². The van der Waals surface area contributed by atoms with Gasteiger partial charge in [0.15, 0.2) is 0 Å². The number of aromatic nitrogens is 2. The molecule has 0 radical (unpaired) electrons. The van der Waals surface area contributed by atoms with Gasteiger partial charge in [-0.15, -0.1) is 13.2 Å². The fourth-order valence-corrected chi connectivity index (χ4v) is 1.25. The summed E-state index contributed by atoms with van der Waals surface area (Å²) in [6, 6.07) is 6.29. The summed E-state index contributed by atoms with van der Waals surface area (Å²) < 4.78 is 39.4. The Morgan fingerprint density at radius 1 is 1.31 bits per heavy atom. The van der Waals surface area contributed by atoms with Gasteiger partial charge in [-0.2, -0.15) is 0 Å². The number of nitrogens with zero attached hydrogens (tertiary/aromatic N) is 2. The summed E-state index contributed by atoms with van der Waals surface area (Å²) in [6.45, 7) is 0. The number of hydrogen-bond acceptors (Lipinski definition) is 3. The number of ether oxygens (including phenoxy) is 1. The van der Waals surface area contributed by atoms with Crippen LogP contribution in [-0.2, 0) is 4.74 Å². The van der Waals surface area contributed by atoms with E-state index in [1.165, 1.54) is 6.07 Å². The summed E-state index contributed by atoms with van der Waals surface area (Å²) in [6.07, 6.45) is -5.54. The van der Waals surface area contributed by atoms with E-state index in [9.17, 15) is 18.0 Å². The van der Waals surface area contributed by atoms with E-state index in [4.69, 9.17) is 0 Å². The molecule has 0 aliphatic heterocycles. The van der Waals surface area contributed by atoms with Gasteiger partial charge >= 0.3 is 12.5 Å². The zero-order chi connectivity index (χ0) is 11.8. The third kappa shape index (κ3) is 1.97. The first kappa shape index (κ1) is 10.5. The van der Waals surface area contributed by atoms with Crippen LogP contribution in [0.4, 0.5) is 18.0 Å². The van der Waals surface area contributed by atoms with Crippen molar-refractivity contribution in [1.29, 1.82) is 0 Å². The monoisotopic (exact) mass is 230 g/mol. The lowest BCUT2D eigenvalue weighted by molar-refractivity contribution is -0.291. The zero-order valence-corrected chi connectivity index (χ0v) is 7.73. The summed E-state index contributed by atoms with van der Waals surface area (Å²) >= 11 is 0. The predicted octanol–water partition coefficient (Wildman–Crippen LogP) is 2.54. The highest BCUT2D eigenvalue weighted by atomic mass is 19.4. The maximum absolute atomic E-state index is 11.8. The SMILES string of the molecule is O=C(OC(F)(F)F)n1cnc2ccccc21. The first-order valence-electron chi connectivity index (χ1n) is 4.19. The topological polar surface area (TPSA) is 44.1 Å². The summed E-state index contributed by atoms with van der Waals surface area (Å²) in [5.41, 5.74) is 0.679. The molecule has 7 heteroatoms. The third-order valence-corrected chi connectivity index (χ3v) is 1.85. The Hall–Kier alpha value is -2.05. The van der Waals surface area contributed by atoms with Gasteiger partial charge in [0, 0.05) is 0 Å². The molecule has 0 spiro atoms. The number of benzene rings is 1. The number of fused-ring (bicyclic) bond motifs is 1. The highest BCUT2D eigenvalue weighted by molar-refractivity contribution is 5.86. The highest BCUT2D eigenvalue weighted by Gasteiger charge is 2.35. The van der Waals surface area contributed by atoms with Gasteiger partial charge in [-0.1, -0.05) is 12.1 Å². The molecule has 0 unspecified atom stereocenters. The number of carbonyl (C=O) groups is 1. The van der Waals surface area contributed by atoms with E-state index in [-0.39, 0.29) is 5.52 Å². The van der Waals surface area contributed by atoms with Gasteiger partial charge in [0.05, 0.1) is 11.0 Å². The molecule has 0 saturated carbocycles. The average molecular weight is 230 g/mol. The van der Waals surface area contributed by atoms with Crippen LogP contribution in [-0.4, -0.2) is 22.0 Å². The van der Waals surface area contributed by atoms with E-state index in [0.29, 0.717) is 10.1 Å². The number of halogens is 3. The van der Waals surface area contributed by atoms with E-state index in [1.54, 1.807) is 18.2 Å². The molecule has 4 nitrogen and oxygen atoms in total. The number of para-hydroxylation sites is 2. The molecule has 0 N–H and O–H groups in total. The number of imidazole rings is 1. The molecule has 84 valence electrons. The minimum absolute atomic E-state index is 0.261. The Morgan fingerprint density at radius 3 is 2.69 bits per heavy atom. The summed E-state index contributed by atoms with van der Waals surface area (Å²) in [5, 5.41) is 0. The van der Waals surface area contributed by atoms with E-state index in [2.05, 4.69) is 9.72 Å². The number of carbonyl (C=O) groups excluding carboxylic acids is 1. The van der Waals surface area contributed by atoms with Gasteiger partial charge < -0.3 is 4.74 Å². The quantitative estimate of drug-likeness (QED) is 0.698. The summed E-state index contributed by atoms with van der Waals surface area (Å²) in [5.74, 6) is 0. The largest absolute Gasteiger partial charge is 0.576 e. The second kappa shape index (κ2) is 3.51. The second-order valence-corrected chi connectivity index (χ2v) is 2.92. The molecule has 1 aromatic carbocycles. The molecule has 2 rings (SSSR count). The number of rotatable bonds is 0. The van der Waals surface area contributed by atoms with Gasteiger partial charge in [-0.25, -0.2) is 14.3 Å². The van der Waals surface area contributed by atoms with Crippen molar-refractivity contribution in [3.8, 4) is 0 Å².